The van der Waals surface area contributed by atoms with Crippen molar-refractivity contribution in [2.75, 3.05) is 13.1 Å². The van der Waals surface area contributed by atoms with E-state index in [0.29, 0.717) is 17.7 Å². The number of carbonyl (C=O) groups is 1. The van der Waals surface area contributed by atoms with Crippen molar-refractivity contribution in [2.45, 2.75) is 17.7 Å². The van der Waals surface area contributed by atoms with Crippen LogP contribution in [0, 0.1) is 11.2 Å². The van der Waals surface area contributed by atoms with Gasteiger partial charge in [-0.05, 0) is 66.9 Å². The number of Topliss-reactive ketones (excluding diaryl/α,β-unsaturated/α-hetero) is 1. The maximum absolute atomic E-state index is 14.2. The van der Waals surface area contributed by atoms with E-state index in [4.69, 9.17) is 23.2 Å². The smallest absolute Gasteiger partial charge is 0.243 e. The first-order valence-corrected chi connectivity index (χ1v) is 14.3. The van der Waals surface area contributed by atoms with Gasteiger partial charge in [0.25, 0.3) is 0 Å². The fraction of sp³-hybridized carbons (Fsp3) is 0.222. The van der Waals surface area contributed by atoms with Crippen LogP contribution in [0.15, 0.2) is 71.5 Å². The highest BCUT2D eigenvalue weighted by Gasteiger charge is 2.51. The quantitative estimate of drug-likeness (QED) is 0.309. The summed E-state index contributed by atoms with van der Waals surface area (Å²) in [4.78, 5) is 14.2. The van der Waals surface area contributed by atoms with Crippen LogP contribution in [0.25, 0.3) is 11.8 Å². The highest BCUT2D eigenvalue weighted by molar-refractivity contribution is 7.89. The Morgan fingerprint density at radius 2 is 1.82 bits per heavy atom. The minimum Gasteiger partial charge on any atom is -0.293 e. The summed E-state index contributed by atoms with van der Waals surface area (Å²) >= 11 is 12.1. The van der Waals surface area contributed by atoms with Crippen LogP contribution < -0.4 is 0 Å². The van der Waals surface area contributed by atoms with Gasteiger partial charge < -0.3 is 0 Å². The van der Waals surface area contributed by atoms with Gasteiger partial charge in [-0.2, -0.15) is 14.5 Å². The summed E-state index contributed by atoms with van der Waals surface area (Å²) < 4.78 is 45.6. The van der Waals surface area contributed by atoms with Crippen LogP contribution >= 0.6 is 23.2 Å². The zero-order valence-corrected chi connectivity index (χ0v) is 23.0. The molecule has 1 aliphatic heterocycles. The zero-order chi connectivity index (χ0) is 27.5. The van der Waals surface area contributed by atoms with Crippen molar-refractivity contribution in [1.29, 1.82) is 0 Å². The fourth-order valence-electron chi connectivity index (χ4n) is 5.41. The van der Waals surface area contributed by atoms with Crippen molar-refractivity contribution in [3.63, 3.8) is 0 Å². The number of aryl methyl sites for hydroxylation is 1. The lowest BCUT2D eigenvalue weighted by molar-refractivity contribution is 0.0775. The molecule has 1 saturated heterocycles. The number of hydrogen-bond acceptors (Lipinski definition) is 5. The maximum Gasteiger partial charge on any atom is 0.243 e. The van der Waals surface area contributed by atoms with Gasteiger partial charge in [-0.1, -0.05) is 28.8 Å². The molecule has 2 aromatic carbocycles. The number of fused-ring (bicyclic) bond motifs is 2. The van der Waals surface area contributed by atoms with Crippen LogP contribution in [0.4, 0.5) is 4.39 Å². The second-order valence-electron chi connectivity index (χ2n) is 9.77. The summed E-state index contributed by atoms with van der Waals surface area (Å²) in [5.74, 6) is -0.564. The molecule has 1 atom stereocenters. The molecular formula is C27H22Cl2FN5O3S. The minimum absolute atomic E-state index is 0.00827. The van der Waals surface area contributed by atoms with Gasteiger partial charge in [0.2, 0.25) is 10.0 Å². The molecule has 8 nitrogen and oxygen atoms in total. The SMILES string of the molecule is Cn1cc(C(=O)[C@]23Cc4cnn(-c5ccc(F)cc5)c4C=C2CCN(S(=O)(=O)c2ccc(Cl)c(Cl)c2)C3)cn1. The van der Waals surface area contributed by atoms with Crippen molar-refractivity contribution in [1.82, 2.24) is 23.9 Å². The van der Waals surface area contributed by atoms with E-state index in [2.05, 4.69) is 10.2 Å². The third-order valence-electron chi connectivity index (χ3n) is 7.38. The number of sulfonamides is 1. The molecule has 0 amide bonds. The average Bonchev–Trinajstić information content (AvgIpc) is 3.54. The first kappa shape index (κ1) is 25.9. The predicted octanol–water partition coefficient (Wildman–Crippen LogP) is 4.96. The van der Waals surface area contributed by atoms with Crippen molar-refractivity contribution in [2.24, 2.45) is 12.5 Å². The molecule has 0 N–H and O–H groups in total. The Balaban J connectivity index is 1.45. The monoisotopic (exact) mass is 585 g/mol. The van der Waals surface area contributed by atoms with Crippen LogP contribution in [-0.4, -0.2) is 51.2 Å². The highest BCUT2D eigenvalue weighted by Crippen LogP contribution is 2.47. The lowest BCUT2D eigenvalue weighted by Gasteiger charge is -2.44. The summed E-state index contributed by atoms with van der Waals surface area (Å²) in [5, 5.41) is 9.07. The number of halogens is 3. The van der Waals surface area contributed by atoms with Gasteiger partial charge >= 0.3 is 0 Å². The first-order valence-electron chi connectivity index (χ1n) is 12.1. The van der Waals surface area contributed by atoms with E-state index < -0.39 is 15.4 Å². The molecule has 4 aromatic rings. The van der Waals surface area contributed by atoms with E-state index in [1.807, 2.05) is 6.08 Å². The third kappa shape index (κ3) is 4.31. The van der Waals surface area contributed by atoms with E-state index in [1.54, 1.807) is 40.9 Å². The topological polar surface area (TPSA) is 90.1 Å². The van der Waals surface area contributed by atoms with Gasteiger partial charge in [-0.15, -0.1) is 0 Å². The molecule has 39 heavy (non-hydrogen) atoms. The predicted molar refractivity (Wildman–Crippen MR) is 145 cm³/mol. The lowest BCUT2D eigenvalue weighted by atomic mass is 9.65. The Kier molecular flexibility index (Phi) is 6.26. The van der Waals surface area contributed by atoms with E-state index in [0.717, 1.165) is 16.8 Å². The molecule has 3 heterocycles. The fourth-order valence-corrected chi connectivity index (χ4v) is 7.30. The number of rotatable bonds is 5. The Labute approximate surface area is 234 Å². The first-order chi connectivity index (χ1) is 18.6. The Bertz CT molecular complexity index is 1760. The number of ketones is 1. The van der Waals surface area contributed by atoms with Crippen molar-refractivity contribution in [3.8, 4) is 5.69 Å². The average molecular weight is 586 g/mol. The molecule has 0 spiro atoms. The van der Waals surface area contributed by atoms with Gasteiger partial charge in [0, 0.05) is 26.3 Å². The molecule has 0 saturated carbocycles. The van der Waals surface area contributed by atoms with Crippen LogP contribution in [0.1, 0.15) is 28.0 Å². The molecule has 1 fully saturated rings. The third-order valence-corrected chi connectivity index (χ3v) is 9.96. The van der Waals surface area contributed by atoms with Crippen molar-refractivity contribution in [3.05, 3.63) is 99.3 Å². The summed E-state index contributed by atoms with van der Waals surface area (Å²) in [5.41, 5.74) is 2.30. The molecule has 2 aromatic heterocycles. The largest absolute Gasteiger partial charge is 0.293 e. The Morgan fingerprint density at radius 1 is 1.05 bits per heavy atom. The van der Waals surface area contributed by atoms with Gasteiger partial charge in [-0.3, -0.25) is 9.48 Å². The summed E-state index contributed by atoms with van der Waals surface area (Å²) in [6, 6.07) is 10.2. The van der Waals surface area contributed by atoms with Gasteiger partial charge in [0.15, 0.2) is 5.78 Å². The second kappa shape index (κ2) is 9.41. The number of hydrogen-bond donors (Lipinski definition) is 0. The molecule has 200 valence electrons. The standard InChI is InChI=1S/C27H22Cl2FN5O3S/c1-33-15-18(14-31-33)26(36)27-12-17-13-32-35(21-4-2-20(30)3-5-21)25(17)10-19(27)8-9-34(16-27)39(37,38)22-6-7-23(28)24(29)11-22/h2-7,10-11,13-15H,8-9,12,16H2,1H3/t27-/m0/s1. The van der Waals surface area contributed by atoms with Crippen LogP contribution in [0.2, 0.25) is 10.0 Å². The van der Waals surface area contributed by atoms with E-state index >= 15 is 0 Å². The Hall–Kier alpha value is -3.31. The number of aromatic nitrogens is 4. The van der Waals surface area contributed by atoms with Crippen LogP contribution in [-0.2, 0) is 23.5 Å². The summed E-state index contributed by atoms with van der Waals surface area (Å²) in [6.45, 7) is 0.118. The lowest BCUT2D eigenvalue weighted by Crippen LogP contribution is -2.53. The van der Waals surface area contributed by atoms with Crippen LogP contribution in [0.3, 0.4) is 0 Å². The summed E-state index contributed by atoms with van der Waals surface area (Å²) in [6.07, 6.45) is 7.32. The van der Waals surface area contributed by atoms with E-state index in [-0.39, 0.29) is 46.1 Å². The molecule has 0 radical (unpaired) electrons. The second-order valence-corrected chi connectivity index (χ2v) is 12.5. The van der Waals surface area contributed by atoms with Gasteiger partial charge in [0.05, 0.1) is 49.7 Å². The zero-order valence-electron chi connectivity index (χ0n) is 20.7. The normalized spacial score (nSPS) is 19.3. The molecule has 1 aliphatic carbocycles. The minimum atomic E-state index is -3.99. The molecular weight excluding hydrogens is 564 g/mol. The number of benzene rings is 2. The van der Waals surface area contributed by atoms with Crippen molar-refractivity contribution >= 4 is 45.1 Å². The van der Waals surface area contributed by atoms with Gasteiger partial charge in [-0.25, -0.2) is 17.5 Å². The maximum atomic E-state index is 14.2. The molecule has 2 aliphatic rings. The molecule has 6 rings (SSSR count). The number of piperidine rings is 1. The van der Waals surface area contributed by atoms with E-state index in [1.165, 1.54) is 40.8 Å². The van der Waals surface area contributed by atoms with E-state index in [9.17, 15) is 17.6 Å². The molecule has 0 unspecified atom stereocenters. The molecule has 12 heteroatoms. The molecule has 0 bridgehead atoms. The van der Waals surface area contributed by atoms with Crippen molar-refractivity contribution < 1.29 is 17.6 Å². The van der Waals surface area contributed by atoms with Crippen LogP contribution in [0.5, 0.6) is 0 Å². The van der Waals surface area contributed by atoms with Gasteiger partial charge in [0.1, 0.15) is 5.82 Å². The summed E-state index contributed by atoms with van der Waals surface area (Å²) in [7, 11) is -2.27. The highest BCUT2D eigenvalue weighted by atomic mass is 35.5. The Morgan fingerprint density at radius 3 is 2.51 bits per heavy atom. The number of carbonyl (C=O) groups excluding carboxylic acids is 1. The number of nitrogens with zero attached hydrogens (tertiary/aromatic N) is 5.